The predicted octanol–water partition coefficient (Wildman–Crippen LogP) is 7.27. The monoisotopic (exact) mass is 506 g/mol. The van der Waals surface area contributed by atoms with Gasteiger partial charge in [-0.1, -0.05) is 51.3 Å². The second-order valence-corrected chi connectivity index (χ2v) is 9.36. The zero-order valence-corrected chi connectivity index (χ0v) is 20.5. The second kappa shape index (κ2) is 9.76. The van der Waals surface area contributed by atoms with Crippen LogP contribution in [-0.2, 0) is 4.79 Å². The maximum absolute atomic E-state index is 13.5. The standard InChI is InChI=1S/C26H23BrN2O2S/c1-4-31-23-14-9-20(27)15-19(23)16-24-25(30)29(22-12-7-18(3)8-13-22)26(32-24)28-21-10-5-17(2)6-11-21/h5-16H,4H2,1-3H3/b24-16-,28-26?. The van der Waals surface area contributed by atoms with E-state index >= 15 is 0 Å². The van der Waals surface area contributed by atoms with Crippen molar-refractivity contribution in [1.29, 1.82) is 0 Å². The maximum Gasteiger partial charge on any atom is 0.271 e. The van der Waals surface area contributed by atoms with E-state index in [-0.39, 0.29) is 5.91 Å². The van der Waals surface area contributed by atoms with Crippen LogP contribution in [0.3, 0.4) is 0 Å². The summed E-state index contributed by atoms with van der Waals surface area (Å²) in [5.74, 6) is 0.634. The molecule has 3 aromatic carbocycles. The predicted molar refractivity (Wildman–Crippen MR) is 138 cm³/mol. The molecule has 0 unspecified atom stereocenters. The van der Waals surface area contributed by atoms with E-state index in [1.807, 2.05) is 93.6 Å². The van der Waals surface area contributed by atoms with Crippen molar-refractivity contribution in [2.45, 2.75) is 20.8 Å². The van der Waals surface area contributed by atoms with Gasteiger partial charge in [-0.15, -0.1) is 0 Å². The molecule has 1 fully saturated rings. The quantitative estimate of drug-likeness (QED) is 0.341. The molecule has 0 aromatic heterocycles. The number of halogens is 1. The third-order valence-electron chi connectivity index (χ3n) is 4.92. The average molecular weight is 507 g/mol. The van der Waals surface area contributed by atoms with Crippen molar-refractivity contribution in [3.8, 4) is 5.75 Å². The van der Waals surface area contributed by atoms with Crippen LogP contribution in [-0.4, -0.2) is 17.7 Å². The molecule has 1 aliphatic heterocycles. The van der Waals surface area contributed by atoms with Gasteiger partial charge in [0.25, 0.3) is 5.91 Å². The van der Waals surface area contributed by atoms with Gasteiger partial charge in [-0.2, -0.15) is 0 Å². The van der Waals surface area contributed by atoms with Crippen molar-refractivity contribution in [3.63, 3.8) is 0 Å². The smallest absolute Gasteiger partial charge is 0.271 e. The van der Waals surface area contributed by atoms with Gasteiger partial charge in [-0.05, 0) is 81.1 Å². The molecule has 1 aliphatic rings. The largest absolute Gasteiger partial charge is 0.493 e. The summed E-state index contributed by atoms with van der Waals surface area (Å²) in [5, 5.41) is 0.627. The summed E-state index contributed by atoms with van der Waals surface area (Å²) in [6.45, 7) is 6.56. The van der Waals surface area contributed by atoms with Gasteiger partial charge in [-0.25, -0.2) is 4.99 Å². The Bertz CT molecular complexity index is 1200. The number of hydrogen-bond acceptors (Lipinski definition) is 4. The summed E-state index contributed by atoms with van der Waals surface area (Å²) in [6, 6.07) is 21.7. The Labute approximate surface area is 201 Å². The SMILES string of the molecule is CCOc1ccc(Br)cc1/C=C1\SC(=Nc2ccc(C)cc2)N(c2ccc(C)cc2)C1=O. The number of rotatable bonds is 5. The summed E-state index contributed by atoms with van der Waals surface area (Å²) in [4.78, 5) is 20.6. The number of aryl methyl sites for hydroxylation is 2. The third-order valence-corrected chi connectivity index (χ3v) is 6.38. The molecule has 0 N–H and O–H groups in total. The minimum atomic E-state index is -0.105. The lowest BCUT2D eigenvalue weighted by Crippen LogP contribution is -2.28. The van der Waals surface area contributed by atoms with Gasteiger partial charge in [0.05, 0.1) is 22.9 Å². The van der Waals surface area contributed by atoms with Crippen LogP contribution in [0, 0.1) is 13.8 Å². The van der Waals surface area contributed by atoms with E-state index in [1.54, 1.807) is 4.90 Å². The summed E-state index contributed by atoms with van der Waals surface area (Å²) in [7, 11) is 0. The molecule has 1 amide bonds. The van der Waals surface area contributed by atoms with E-state index in [4.69, 9.17) is 9.73 Å². The fraction of sp³-hybridized carbons (Fsp3) is 0.154. The molecule has 1 heterocycles. The van der Waals surface area contributed by atoms with E-state index < -0.39 is 0 Å². The van der Waals surface area contributed by atoms with E-state index in [1.165, 1.54) is 11.8 Å². The van der Waals surface area contributed by atoms with Crippen LogP contribution in [0.15, 0.2) is 81.1 Å². The molecular formula is C26H23BrN2O2S. The molecule has 6 heteroatoms. The summed E-state index contributed by atoms with van der Waals surface area (Å²) < 4.78 is 6.69. The fourth-order valence-corrected chi connectivity index (χ4v) is 4.63. The Kier molecular flexibility index (Phi) is 6.82. The Balaban J connectivity index is 1.79. The number of benzene rings is 3. The highest BCUT2D eigenvalue weighted by Gasteiger charge is 2.35. The first kappa shape index (κ1) is 22.4. The molecule has 0 radical (unpaired) electrons. The minimum absolute atomic E-state index is 0.105. The Morgan fingerprint density at radius 1 is 1.00 bits per heavy atom. The molecule has 4 rings (SSSR count). The van der Waals surface area contributed by atoms with Crippen LogP contribution in [0.5, 0.6) is 5.75 Å². The van der Waals surface area contributed by atoms with Crippen LogP contribution in [0.2, 0.25) is 0 Å². The summed E-state index contributed by atoms with van der Waals surface area (Å²) >= 11 is 4.89. The molecular weight excluding hydrogens is 484 g/mol. The first-order valence-electron chi connectivity index (χ1n) is 10.3. The van der Waals surface area contributed by atoms with Gasteiger partial charge < -0.3 is 4.74 Å². The number of hydrogen-bond donors (Lipinski definition) is 0. The third kappa shape index (κ3) is 4.97. The zero-order chi connectivity index (χ0) is 22.7. The molecule has 0 aliphatic carbocycles. The number of nitrogens with zero attached hydrogens (tertiary/aromatic N) is 2. The van der Waals surface area contributed by atoms with Gasteiger partial charge in [0.2, 0.25) is 0 Å². The number of amidine groups is 1. The number of thioether (sulfide) groups is 1. The van der Waals surface area contributed by atoms with Crippen molar-refractivity contribution in [3.05, 3.63) is 92.8 Å². The first-order valence-corrected chi connectivity index (χ1v) is 11.9. The Hall–Kier alpha value is -2.83. The first-order chi connectivity index (χ1) is 15.4. The average Bonchev–Trinajstić information content (AvgIpc) is 3.07. The summed E-state index contributed by atoms with van der Waals surface area (Å²) in [6.07, 6.45) is 1.88. The number of aliphatic imine (C=N–C) groups is 1. The Morgan fingerprint density at radius 3 is 2.31 bits per heavy atom. The maximum atomic E-state index is 13.5. The highest BCUT2D eigenvalue weighted by molar-refractivity contribution is 9.10. The van der Waals surface area contributed by atoms with Gasteiger partial charge in [-0.3, -0.25) is 9.69 Å². The van der Waals surface area contributed by atoms with Gasteiger partial charge >= 0.3 is 0 Å². The number of carbonyl (C=O) groups is 1. The second-order valence-electron chi connectivity index (χ2n) is 7.43. The van der Waals surface area contributed by atoms with Crippen molar-refractivity contribution in [1.82, 2.24) is 0 Å². The molecule has 0 saturated carbocycles. The van der Waals surface area contributed by atoms with Gasteiger partial charge in [0, 0.05) is 10.0 Å². The van der Waals surface area contributed by atoms with E-state index in [2.05, 4.69) is 15.9 Å². The lowest BCUT2D eigenvalue weighted by Gasteiger charge is -2.16. The van der Waals surface area contributed by atoms with Crippen LogP contribution in [0.4, 0.5) is 11.4 Å². The van der Waals surface area contributed by atoms with E-state index in [0.29, 0.717) is 16.7 Å². The highest BCUT2D eigenvalue weighted by atomic mass is 79.9. The molecule has 3 aromatic rings. The molecule has 0 spiro atoms. The topological polar surface area (TPSA) is 41.9 Å². The van der Waals surface area contributed by atoms with Crippen molar-refractivity contribution in [2.24, 2.45) is 4.99 Å². The van der Waals surface area contributed by atoms with Crippen LogP contribution >= 0.6 is 27.7 Å². The van der Waals surface area contributed by atoms with E-state index in [9.17, 15) is 4.79 Å². The van der Waals surface area contributed by atoms with E-state index in [0.717, 1.165) is 38.3 Å². The number of ether oxygens (including phenoxy) is 1. The number of amides is 1. The lowest BCUT2D eigenvalue weighted by molar-refractivity contribution is -0.113. The van der Waals surface area contributed by atoms with Crippen LogP contribution in [0.1, 0.15) is 23.6 Å². The summed E-state index contributed by atoms with van der Waals surface area (Å²) in [5.41, 5.74) is 4.75. The normalized spacial score (nSPS) is 16.2. The highest BCUT2D eigenvalue weighted by Crippen LogP contribution is 2.38. The molecule has 32 heavy (non-hydrogen) atoms. The van der Waals surface area contributed by atoms with Crippen molar-refractivity contribution in [2.75, 3.05) is 11.5 Å². The zero-order valence-electron chi connectivity index (χ0n) is 18.1. The lowest BCUT2D eigenvalue weighted by atomic mass is 10.1. The molecule has 4 nitrogen and oxygen atoms in total. The van der Waals surface area contributed by atoms with Crippen molar-refractivity contribution >= 4 is 56.2 Å². The van der Waals surface area contributed by atoms with Crippen LogP contribution in [0.25, 0.3) is 6.08 Å². The molecule has 0 bridgehead atoms. The van der Waals surface area contributed by atoms with Gasteiger partial charge in [0.1, 0.15) is 5.75 Å². The minimum Gasteiger partial charge on any atom is -0.493 e. The van der Waals surface area contributed by atoms with Gasteiger partial charge in [0.15, 0.2) is 5.17 Å². The van der Waals surface area contributed by atoms with Crippen LogP contribution < -0.4 is 9.64 Å². The van der Waals surface area contributed by atoms with Crippen molar-refractivity contribution < 1.29 is 9.53 Å². The molecule has 1 saturated heterocycles. The fourth-order valence-electron chi connectivity index (χ4n) is 3.26. The Morgan fingerprint density at radius 2 is 1.66 bits per heavy atom. The number of carbonyl (C=O) groups excluding carboxylic acids is 1. The number of anilines is 1. The molecule has 0 atom stereocenters. The molecule has 162 valence electrons.